The first-order valence-corrected chi connectivity index (χ1v) is 8.74. The van der Waals surface area contributed by atoms with Crippen LogP contribution in [0.25, 0.3) is 11.0 Å². The summed E-state index contributed by atoms with van der Waals surface area (Å²) in [5.41, 5.74) is 1.20. The van der Waals surface area contributed by atoms with Gasteiger partial charge in [-0.1, -0.05) is 19.3 Å². The van der Waals surface area contributed by atoms with Gasteiger partial charge >= 0.3 is 0 Å². The van der Waals surface area contributed by atoms with E-state index in [1.807, 2.05) is 4.57 Å². The number of aromatic nitrogens is 2. The Labute approximate surface area is 135 Å². The quantitative estimate of drug-likeness (QED) is 0.818. The van der Waals surface area contributed by atoms with E-state index in [-0.39, 0.29) is 0 Å². The monoisotopic (exact) mass is 319 g/mol. The van der Waals surface area contributed by atoms with Gasteiger partial charge in [0, 0.05) is 24.7 Å². The van der Waals surface area contributed by atoms with Crippen molar-refractivity contribution >= 4 is 11.0 Å². The molecule has 2 aliphatic rings. The molecular formula is C18H23F2N3. The van der Waals surface area contributed by atoms with Crippen LogP contribution < -0.4 is 0 Å². The van der Waals surface area contributed by atoms with Gasteiger partial charge in [0.15, 0.2) is 11.6 Å². The summed E-state index contributed by atoms with van der Waals surface area (Å²) in [6, 6.07) is 3.10. The molecule has 0 saturated heterocycles. The fourth-order valence-electron chi connectivity index (χ4n) is 3.83. The summed E-state index contributed by atoms with van der Waals surface area (Å²) in [6.45, 7) is 1.84. The second-order valence-corrected chi connectivity index (χ2v) is 7.12. The lowest BCUT2D eigenvalue weighted by Gasteiger charge is -2.30. The Kier molecular flexibility index (Phi) is 4.05. The third-order valence-electron chi connectivity index (χ3n) is 5.28. The van der Waals surface area contributed by atoms with Crippen molar-refractivity contribution in [3.63, 3.8) is 0 Å². The minimum atomic E-state index is -0.830. The van der Waals surface area contributed by atoms with E-state index in [4.69, 9.17) is 0 Å². The number of imidazole rings is 1. The Balaban J connectivity index is 1.53. The Morgan fingerprint density at radius 3 is 2.52 bits per heavy atom. The van der Waals surface area contributed by atoms with Gasteiger partial charge in [-0.2, -0.15) is 0 Å². The van der Waals surface area contributed by atoms with Crippen molar-refractivity contribution in [1.82, 2.24) is 14.5 Å². The Bertz CT molecular complexity index is 687. The Hall–Kier alpha value is -1.49. The van der Waals surface area contributed by atoms with Gasteiger partial charge in [0.25, 0.3) is 0 Å². The van der Waals surface area contributed by atoms with Crippen LogP contribution in [-0.4, -0.2) is 27.0 Å². The zero-order valence-electron chi connectivity index (χ0n) is 13.3. The first kappa shape index (κ1) is 15.1. The van der Waals surface area contributed by atoms with E-state index in [1.165, 1.54) is 57.1 Å². The third-order valence-corrected chi connectivity index (χ3v) is 5.28. The van der Waals surface area contributed by atoms with E-state index in [9.17, 15) is 8.78 Å². The van der Waals surface area contributed by atoms with Gasteiger partial charge in [-0.05, 0) is 31.6 Å². The van der Waals surface area contributed by atoms with Gasteiger partial charge in [0.05, 0.1) is 24.0 Å². The number of halogens is 2. The van der Waals surface area contributed by atoms with Crippen molar-refractivity contribution in [3.05, 3.63) is 30.1 Å². The molecule has 2 fully saturated rings. The lowest BCUT2D eigenvalue weighted by atomic mass is 9.89. The topological polar surface area (TPSA) is 21.1 Å². The number of hydrogen-bond acceptors (Lipinski definition) is 2. The lowest BCUT2D eigenvalue weighted by Crippen LogP contribution is -2.34. The van der Waals surface area contributed by atoms with Crippen molar-refractivity contribution in [2.75, 3.05) is 6.54 Å². The number of benzene rings is 1. The van der Waals surface area contributed by atoms with Crippen LogP contribution in [0.15, 0.2) is 18.5 Å². The molecule has 0 radical (unpaired) electrons. The molecule has 0 N–H and O–H groups in total. The maximum atomic E-state index is 13.6. The van der Waals surface area contributed by atoms with Crippen molar-refractivity contribution < 1.29 is 8.78 Å². The van der Waals surface area contributed by atoms with Crippen molar-refractivity contribution in [3.8, 4) is 0 Å². The minimum absolute atomic E-state index is 0.525. The normalized spacial score (nSPS) is 19.8. The molecule has 124 valence electrons. The molecule has 2 saturated carbocycles. The molecule has 4 rings (SSSR count). The molecule has 2 aromatic rings. The van der Waals surface area contributed by atoms with Crippen LogP contribution in [-0.2, 0) is 6.67 Å². The van der Waals surface area contributed by atoms with Gasteiger partial charge in [0.2, 0.25) is 0 Å². The van der Waals surface area contributed by atoms with Gasteiger partial charge in [-0.25, -0.2) is 13.8 Å². The second kappa shape index (κ2) is 6.19. The fraction of sp³-hybridized carbons (Fsp3) is 0.611. The van der Waals surface area contributed by atoms with Crippen LogP contribution in [0.4, 0.5) is 8.78 Å². The van der Waals surface area contributed by atoms with E-state index in [0.717, 1.165) is 19.1 Å². The highest BCUT2D eigenvalue weighted by molar-refractivity contribution is 5.75. The molecule has 0 aliphatic heterocycles. The van der Waals surface area contributed by atoms with E-state index in [2.05, 4.69) is 9.88 Å². The highest BCUT2D eigenvalue weighted by atomic mass is 19.2. The lowest BCUT2D eigenvalue weighted by molar-refractivity contribution is 0.157. The van der Waals surface area contributed by atoms with E-state index in [1.54, 1.807) is 6.33 Å². The standard InChI is InChI=1S/C18H23F2N3/c19-15-8-17-18(9-16(15)20)23(11-21-17)12-22(14-6-7-14)10-13-4-2-1-3-5-13/h8-9,11,13-14H,1-7,10,12H2. The average molecular weight is 319 g/mol. The highest BCUT2D eigenvalue weighted by Gasteiger charge is 2.31. The molecule has 1 heterocycles. The minimum Gasteiger partial charge on any atom is -0.317 e. The highest BCUT2D eigenvalue weighted by Crippen LogP contribution is 2.32. The summed E-state index contributed by atoms with van der Waals surface area (Å²) in [5.74, 6) is -0.846. The molecule has 0 spiro atoms. The van der Waals surface area contributed by atoms with E-state index >= 15 is 0 Å². The molecule has 5 heteroatoms. The van der Waals surface area contributed by atoms with Crippen LogP contribution in [0.3, 0.4) is 0 Å². The Morgan fingerprint density at radius 2 is 1.78 bits per heavy atom. The van der Waals surface area contributed by atoms with Crippen LogP contribution >= 0.6 is 0 Å². The first-order chi connectivity index (χ1) is 11.2. The maximum absolute atomic E-state index is 13.6. The first-order valence-electron chi connectivity index (χ1n) is 8.74. The number of rotatable bonds is 5. The fourth-order valence-corrected chi connectivity index (χ4v) is 3.83. The molecule has 0 atom stereocenters. The number of nitrogens with zero attached hydrogens (tertiary/aromatic N) is 3. The van der Waals surface area contributed by atoms with Gasteiger partial charge in [-0.15, -0.1) is 0 Å². The zero-order valence-corrected chi connectivity index (χ0v) is 13.3. The summed E-state index contributed by atoms with van der Waals surface area (Å²) in [5, 5.41) is 0. The molecule has 0 unspecified atom stereocenters. The maximum Gasteiger partial charge on any atom is 0.161 e. The van der Waals surface area contributed by atoms with Gasteiger partial charge < -0.3 is 4.57 Å². The van der Waals surface area contributed by atoms with Gasteiger partial charge in [0.1, 0.15) is 0 Å². The molecule has 3 nitrogen and oxygen atoms in total. The molecule has 0 bridgehead atoms. The van der Waals surface area contributed by atoms with Crippen LogP contribution in [0.5, 0.6) is 0 Å². The average Bonchev–Trinajstić information content (AvgIpc) is 3.33. The summed E-state index contributed by atoms with van der Waals surface area (Å²) in [7, 11) is 0. The van der Waals surface area contributed by atoms with Crippen molar-refractivity contribution in [2.24, 2.45) is 5.92 Å². The zero-order chi connectivity index (χ0) is 15.8. The summed E-state index contributed by atoms with van der Waals surface area (Å²) in [6.07, 6.45) is 10.9. The SMILES string of the molecule is Fc1cc2ncn(CN(CC3CCCCC3)C3CC3)c2cc1F. The molecule has 1 aromatic carbocycles. The number of hydrogen-bond donors (Lipinski definition) is 0. The van der Waals surface area contributed by atoms with E-state index in [0.29, 0.717) is 17.1 Å². The van der Waals surface area contributed by atoms with E-state index < -0.39 is 11.6 Å². The van der Waals surface area contributed by atoms with Crippen LogP contribution in [0, 0.1) is 17.6 Å². The van der Waals surface area contributed by atoms with Crippen LogP contribution in [0.1, 0.15) is 44.9 Å². The molecular weight excluding hydrogens is 296 g/mol. The molecule has 1 aromatic heterocycles. The molecule has 23 heavy (non-hydrogen) atoms. The Morgan fingerprint density at radius 1 is 1.04 bits per heavy atom. The largest absolute Gasteiger partial charge is 0.317 e. The molecule has 0 amide bonds. The number of fused-ring (bicyclic) bond motifs is 1. The second-order valence-electron chi connectivity index (χ2n) is 7.12. The summed E-state index contributed by atoms with van der Waals surface area (Å²) < 4.78 is 28.8. The molecule has 2 aliphatic carbocycles. The smallest absolute Gasteiger partial charge is 0.161 e. The van der Waals surface area contributed by atoms with Crippen LogP contribution in [0.2, 0.25) is 0 Å². The predicted molar refractivity (Wildman–Crippen MR) is 86.0 cm³/mol. The van der Waals surface area contributed by atoms with Crippen molar-refractivity contribution in [1.29, 1.82) is 0 Å². The predicted octanol–water partition coefficient (Wildman–Crippen LogP) is 4.32. The van der Waals surface area contributed by atoms with Crippen molar-refractivity contribution in [2.45, 2.75) is 57.7 Å². The summed E-state index contributed by atoms with van der Waals surface area (Å²) in [4.78, 5) is 6.74. The summed E-state index contributed by atoms with van der Waals surface area (Å²) >= 11 is 0. The third kappa shape index (κ3) is 3.25. The van der Waals surface area contributed by atoms with Gasteiger partial charge in [-0.3, -0.25) is 4.90 Å².